The third-order valence-electron chi connectivity index (χ3n) is 1.45. The van der Waals surface area contributed by atoms with Crippen molar-refractivity contribution >= 4 is 0 Å². The topological polar surface area (TPSA) is 0 Å². The summed E-state index contributed by atoms with van der Waals surface area (Å²) in [6.45, 7) is 4.00. The van der Waals surface area contributed by atoms with Crippen molar-refractivity contribution in [2.75, 3.05) is 0 Å². The molecule has 4 heteroatoms. The van der Waals surface area contributed by atoms with E-state index in [1.807, 2.05) is 13.8 Å². The van der Waals surface area contributed by atoms with Crippen molar-refractivity contribution in [2.24, 2.45) is 0 Å². The Morgan fingerprint density at radius 3 is 1.25 bits per heavy atom. The van der Waals surface area contributed by atoms with Gasteiger partial charge in [0.25, 0.3) is 0 Å². The van der Waals surface area contributed by atoms with Crippen LogP contribution >= 0.6 is 0 Å². The Labute approximate surface area is 69.3 Å². The van der Waals surface area contributed by atoms with Crippen LogP contribution in [0.4, 0.5) is 17.6 Å². The van der Waals surface area contributed by atoms with Gasteiger partial charge >= 0.3 is 11.8 Å². The zero-order valence-corrected chi connectivity index (χ0v) is 7.08. The van der Waals surface area contributed by atoms with Crippen LogP contribution in [0.25, 0.3) is 0 Å². The molecule has 0 aromatic carbocycles. The normalized spacial score (nSPS) is 24.2. The molecule has 1 aliphatic rings. The number of allylic oxidation sites excluding steroid dienone is 2. The van der Waals surface area contributed by atoms with E-state index in [4.69, 9.17) is 0 Å². The lowest BCUT2D eigenvalue weighted by atomic mass is 9.99. The fourth-order valence-electron chi connectivity index (χ4n) is 0.761. The predicted molar refractivity (Wildman–Crippen MR) is 39.6 cm³/mol. The summed E-state index contributed by atoms with van der Waals surface area (Å²) in [5.74, 6) is -7.69. The van der Waals surface area contributed by atoms with Crippen molar-refractivity contribution in [1.82, 2.24) is 0 Å². The molecule has 0 atom stereocenters. The zero-order chi connectivity index (χ0) is 9.83. The SMILES string of the molecule is CC.FC1(F)CC=CCC1(F)F. The van der Waals surface area contributed by atoms with Gasteiger partial charge in [0.1, 0.15) is 0 Å². The van der Waals surface area contributed by atoms with Gasteiger partial charge in [0.05, 0.1) is 0 Å². The first-order chi connectivity index (χ1) is 5.46. The number of alkyl halides is 4. The van der Waals surface area contributed by atoms with Crippen LogP contribution in [0.5, 0.6) is 0 Å². The molecule has 12 heavy (non-hydrogen) atoms. The average Bonchev–Trinajstić information content (AvgIpc) is 2.00. The summed E-state index contributed by atoms with van der Waals surface area (Å²) in [4.78, 5) is 0. The van der Waals surface area contributed by atoms with Gasteiger partial charge in [-0.2, -0.15) is 17.6 Å². The van der Waals surface area contributed by atoms with Gasteiger partial charge < -0.3 is 0 Å². The van der Waals surface area contributed by atoms with E-state index >= 15 is 0 Å². The maximum Gasteiger partial charge on any atom is 0.313 e. The highest BCUT2D eigenvalue weighted by Gasteiger charge is 2.55. The highest BCUT2D eigenvalue weighted by atomic mass is 19.3. The first kappa shape index (κ1) is 11.5. The van der Waals surface area contributed by atoms with Gasteiger partial charge in [-0.3, -0.25) is 0 Å². The summed E-state index contributed by atoms with van der Waals surface area (Å²) in [7, 11) is 0. The van der Waals surface area contributed by atoms with Gasteiger partial charge in [0, 0.05) is 12.8 Å². The van der Waals surface area contributed by atoms with Crippen molar-refractivity contribution in [3.8, 4) is 0 Å². The molecule has 1 rings (SSSR count). The molecule has 0 radical (unpaired) electrons. The van der Waals surface area contributed by atoms with Crippen molar-refractivity contribution < 1.29 is 17.6 Å². The molecule has 0 amide bonds. The van der Waals surface area contributed by atoms with Gasteiger partial charge in [-0.05, 0) is 0 Å². The second-order valence-electron chi connectivity index (χ2n) is 2.29. The molecule has 0 bridgehead atoms. The van der Waals surface area contributed by atoms with Crippen LogP contribution < -0.4 is 0 Å². The van der Waals surface area contributed by atoms with E-state index in [0.717, 1.165) is 12.2 Å². The highest BCUT2D eigenvalue weighted by Crippen LogP contribution is 2.42. The van der Waals surface area contributed by atoms with Crippen LogP contribution in [0.3, 0.4) is 0 Å². The van der Waals surface area contributed by atoms with Gasteiger partial charge in [-0.15, -0.1) is 0 Å². The van der Waals surface area contributed by atoms with E-state index in [2.05, 4.69) is 0 Å². The van der Waals surface area contributed by atoms with Gasteiger partial charge in [0.15, 0.2) is 0 Å². The summed E-state index contributed by atoms with van der Waals surface area (Å²) in [6.07, 6.45) is 0.467. The van der Waals surface area contributed by atoms with Crippen LogP contribution in [0.1, 0.15) is 26.7 Å². The number of halogens is 4. The molecule has 0 fully saturated rings. The second-order valence-corrected chi connectivity index (χ2v) is 2.29. The maximum atomic E-state index is 12.2. The minimum absolute atomic E-state index is 0.847. The van der Waals surface area contributed by atoms with E-state index in [1.165, 1.54) is 0 Å². The highest BCUT2D eigenvalue weighted by molar-refractivity contribution is 5.03. The van der Waals surface area contributed by atoms with Crippen molar-refractivity contribution in [2.45, 2.75) is 38.5 Å². The average molecular weight is 184 g/mol. The van der Waals surface area contributed by atoms with Crippen LogP contribution in [-0.2, 0) is 0 Å². The smallest absolute Gasteiger partial charge is 0.200 e. The lowest BCUT2D eigenvalue weighted by Gasteiger charge is -2.27. The van der Waals surface area contributed by atoms with Crippen molar-refractivity contribution in [1.29, 1.82) is 0 Å². The molecule has 0 unspecified atom stereocenters. The Kier molecular flexibility index (Phi) is 3.74. The number of hydrogen-bond donors (Lipinski definition) is 0. The quantitative estimate of drug-likeness (QED) is 0.398. The molecule has 72 valence electrons. The number of hydrogen-bond acceptors (Lipinski definition) is 0. The van der Waals surface area contributed by atoms with Crippen LogP contribution in [-0.4, -0.2) is 11.8 Å². The lowest BCUT2D eigenvalue weighted by Crippen LogP contribution is -2.41. The zero-order valence-electron chi connectivity index (χ0n) is 7.08. The molecule has 0 spiro atoms. The van der Waals surface area contributed by atoms with E-state index in [1.54, 1.807) is 0 Å². The summed E-state index contributed by atoms with van der Waals surface area (Å²) in [5, 5.41) is 0. The largest absolute Gasteiger partial charge is 0.313 e. The molecule has 0 aromatic rings. The molecule has 0 heterocycles. The summed E-state index contributed by atoms with van der Waals surface area (Å²) < 4.78 is 48.7. The Morgan fingerprint density at radius 1 is 0.833 bits per heavy atom. The molecule has 0 aliphatic heterocycles. The molecule has 1 aliphatic carbocycles. The summed E-state index contributed by atoms with van der Waals surface area (Å²) in [5.41, 5.74) is 0. The fraction of sp³-hybridized carbons (Fsp3) is 0.750. The minimum Gasteiger partial charge on any atom is -0.200 e. The van der Waals surface area contributed by atoms with Gasteiger partial charge in [-0.25, -0.2) is 0 Å². The van der Waals surface area contributed by atoms with E-state index < -0.39 is 24.7 Å². The minimum atomic E-state index is -3.85. The fourth-order valence-corrected chi connectivity index (χ4v) is 0.761. The summed E-state index contributed by atoms with van der Waals surface area (Å²) >= 11 is 0. The molecule has 0 nitrogen and oxygen atoms in total. The van der Waals surface area contributed by atoms with Crippen LogP contribution in [0, 0.1) is 0 Å². The molecule has 0 N–H and O–H groups in total. The third-order valence-corrected chi connectivity index (χ3v) is 1.45. The molecule has 0 saturated carbocycles. The van der Waals surface area contributed by atoms with Gasteiger partial charge in [-0.1, -0.05) is 26.0 Å². The van der Waals surface area contributed by atoms with Crippen molar-refractivity contribution in [3.63, 3.8) is 0 Å². The van der Waals surface area contributed by atoms with Gasteiger partial charge in [0.2, 0.25) is 0 Å². The summed E-state index contributed by atoms with van der Waals surface area (Å²) in [6, 6.07) is 0. The van der Waals surface area contributed by atoms with Crippen molar-refractivity contribution in [3.05, 3.63) is 12.2 Å². The van der Waals surface area contributed by atoms with E-state index in [9.17, 15) is 17.6 Å². The molecule has 0 saturated heterocycles. The predicted octanol–water partition coefficient (Wildman–Crippen LogP) is 3.63. The Morgan fingerprint density at radius 2 is 1.08 bits per heavy atom. The third kappa shape index (κ3) is 2.22. The molecule has 0 aromatic heterocycles. The maximum absolute atomic E-state index is 12.2. The lowest BCUT2D eigenvalue weighted by molar-refractivity contribution is -0.207. The standard InChI is InChI=1S/C6H6F4.C2H6/c7-5(8)3-1-2-4-6(5,9)10;1-2/h1-2H,3-4H2;1-2H3. The Bertz CT molecular complexity index is 142. The van der Waals surface area contributed by atoms with E-state index in [0.29, 0.717) is 0 Å². The number of rotatable bonds is 0. The monoisotopic (exact) mass is 184 g/mol. The van der Waals surface area contributed by atoms with E-state index in [-0.39, 0.29) is 0 Å². The molecular weight excluding hydrogens is 172 g/mol. The Hall–Kier alpha value is -0.540. The van der Waals surface area contributed by atoms with Crippen LogP contribution in [0.15, 0.2) is 12.2 Å². The first-order valence-electron chi connectivity index (χ1n) is 3.86. The van der Waals surface area contributed by atoms with Crippen LogP contribution in [0.2, 0.25) is 0 Å². The first-order valence-corrected chi connectivity index (χ1v) is 3.86. The second kappa shape index (κ2) is 3.92. The Balaban J connectivity index is 0.000000561. The molecular formula is C8H12F4.